The van der Waals surface area contributed by atoms with E-state index >= 15 is 0 Å². The molecule has 1 aliphatic heterocycles. The topological polar surface area (TPSA) is 18.5 Å². The summed E-state index contributed by atoms with van der Waals surface area (Å²) in [6.45, 7) is 6.20. The van der Waals surface area contributed by atoms with Crippen LogP contribution in [0.4, 0.5) is 0 Å². The van der Waals surface area contributed by atoms with E-state index in [0.717, 1.165) is 25.6 Å². The number of hydrogen-bond donors (Lipinski definition) is 0. The minimum Gasteiger partial charge on any atom is -0.347 e. The molecule has 2 aliphatic rings. The molecule has 2 nitrogen and oxygen atoms in total. The second-order valence-corrected chi connectivity index (χ2v) is 4.75. The van der Waals surface area contributed by atoms with Gasteiger partial charge in [0.15, 0.2) is 5.79 Å². The lowest BCUT2D eigenvalue weighted by molar-refractivity contribution is -0.223. The van der Waals surface area contributed by atoms with Gasteiger partial charge in [-0.3, -0.25) is 0 Å². The van der Waals surface area contributed by atoms with Gasteiger partial charge in [-0.05, 0) is 18.8 Å². The predicted molar refractivity (Wildman–Crippen MR) is 56.0 cm³/mol. The van der Waals surface area contributed by atoms with E-state index in [4.69, 9.17) is 9.47 Å². The van der Waals surface area contributed by atoms with Crippen molar-refractivity contribution in [1.29, 1.82) is 0 Å². The van der Waals surface area contributed by atoms with Crippen LogP contribution in [0.25, 0.3) is 0 Å². The molecule has 2 atom stereocenters. The highest BCUT2D eigenvalue weighted by Gasteiger charge is 2.47. The Hall–Kier alpha value is -0.0800. The Labute approximate surface area is 87.0 Å². The Morgan fingerprint density at radius 1 is 1.29 bits per heavy atom. The van der Waals surface area contributed by atoms with Gasteiger partial charge in [0.25, 0.3) is 0 Å². The Bertz CT molecular complexity index is 185. The van der Waals surface area contributed by atoms with Crippen molar-refractivity contribution >= 4 is 0 Å². The van der Waals surface area contributed by atoms with Gasteiger partial charge >= 0.3 is 0 Å². The third kappa shape index (κ3) is 1.70. The van der Waals surface area contributed by atoms with Crippen LogP contribution in [-0.4, -0.2) is 19.0 Å². The molecular weight excluding hydrogens is 176 g/mol. The van der Waals surface area contributed by atoms with Gasteiger partial charge in [0, 0.05) is 12.3 Å². The Morgan fingerprint density at radius 3 is 2.64 bits per heavy atom. The van der Waals surface area contributed by atoms with Crippen LogP contribution in [0.2, 0.25) is 0 Å². The highest BCUT2D eigenvalue weighted by molar-refractivity contribution is 4.88. The van der Waals surface area contributed by atoms with E-state index in [1.165, 1.54) is 25.7 Å². The molecule has 0 bridgehead atoms. The molecule has 1 aliphatic carbocycles. The molecule has 0 aromatic carbocycles. The van der Waals surface area contributed by atoms with E-state index in [-0.39, 0.29) is 5.79 Å². The van der Waals surface area contributed by atoms with Crippen LogP contribution < -0.4 is 0 Å². The maximum atomic E-state index is 5.89. The summed E-state index contributed by atoms with van der Waals surface area (Å²) < 4.78 is 11.8. The molecule has 2 rings (SSSR count). The summed E-state index contributed by atoms with van der Waals surface area (Å²) in [4.78, 5) is 0. The molecule has 1 heterocycles. The van der Waals surface area contributed by atoms with Gasteiger partial charge in [-0.2, -0.15) is 0 Å². The summed E-state index contributed by atoms with van der Waals surface area (Å²) in [5.41, 5.74) is 0. The van der Waals surface area contributed by atoms with E-state index in [2.05, 4.69) is 13.8 Å². The SMILES string of the molecule is CCC(C)C1CCCCC12OCCO2. The lowest BCUT2D eigenvalue weighted by Gasteiger charge is -2.42. The van der Waals surface area contributed by atoms with Gasteiger partial charge in [0.1, 0.15) is 0 Å². The fourth-order valence-electron chi connectivity index (χ4n) is 2.97. The molecule has 0 aromatic heterocycles. The Kier molecular flexibility index (Phi) is 3.13. The van der Waals surface area contributed by atoms with E-state index in [1.54, 1.807) is 0 Å². The van der Waals surface area contributed by atoms with Gasteiger partial charge in [-0.1, -0.05) is 26.7 Å². The minimum absolute atomic E-state index is 0.187. The smallest absolute Gasteiger partial charge is 0.171 e. The summed E-state index contributed by atoms with van der Waals surface area (Å²) in [7, 11) is 0. The average molecular weight is 198 g/mol. The number of rotatable bonds is 2. The minimum atomic E-state index is -0.187. The van der Waals surface area contributed by atoms with Crippen molar-refractivity contribution in [3.63, 3.8) is 0 Å². The molecule has 0 aromatic rings. The monoisotopic (exact) mass is 198 g/mol. The lowest BCUT2D eigenvalue weighted by atomic mass is 9.75. The summed E-state index contributed by atoms with van der Waals surface area (Å²) >= 11 is 0. The summed E-state index contributed by atoms with van der Waals surface area (Å²) in [6, 6.07) is 0. The highest BCUT2D eigenvalue weighted by atomic mass is 16.7. The van der Waals surface area contributed by atoms with Crippen molar-refractivity contribution < 1.29 is 9.47 Å². The molecule has 2 heteroatoms. The van der Waals surface area contributed by atoms with Gasteiger partial charge < -0.3 is 9.47 Å². The molecule has 1 saturated heterocycles. The normalized spacial score (nSPS) is 33.4. The van der Waals surface area contributed by atoms with Crippen LogP contribution >= 0.6 is 0 Å². The first-order valence-electron chi connectivity index (χ1n) is 6.06. The first-order chi connectivity index (χ1) is 6.78. The lowest BCUT2D eigenvalue weighted by Crippen LogP contribution is -2.44. The average Bonchev–Trinajstić information content (AvgIpc) is 2.67. The van der Waals surface area contributed by atoms with E-state index < -0.39 is 0 Å². The second-order valence-electron chi connectivity index (χ2n) is 4.75. The highest BCUT2D eigenvalue weighted by Crippen LogP contribution is 2.44. The van der Waals surface area contributed by atoms with Crippen LogP contribution in [0, 0.1) is 11.8 Å². The largest absolute Gasteiger partial charge is 0.347 e. The fourth-order valence-corrected chi connectivity index (χ4v) is 2.97. The quantitative estimate of drug-likeness (QED) is 0.679. The first kappa shape index (κ1) is 10.4. The van der Waals surface area contributed by atoms with E-state index in [9.17, 15) is 0 Å². The molecule has 0 N–H and O–H groups in total. The van der Waals surface area contributed by atoms with Gasteiger partial charge in [0.2, 0.25) is 0 Å². The molecule has 82 valence electrons. The summed E-state index contributed by atoms with van der Waals surface area (Å²) in [5.74, 6) is 1.17. The van der Waals surface area contributed by atoms with Crippen molar-refractivity contribution in [3.05, 3.63) is 0 Å². The summed E-state index contributed by atoms with van der Waals surface area (Å²) in [5, 5.41) is 0. The van der Waals surface area contributed by atoms with Crippen LogP contribution in [0.1, 0.15) is 46.0 Å². The van der Waals surface area contributed by atoms with Crippen molar-refractivity contribution in [1.82, 2.24) is 0 Å². The van der Waals surface area contributed by atoms with Crippen LogP contribution in [-0.2, 0) is 9.47 Å². The molecule has 0 radical (unpaired) electrons. The molecule has 14 heavy (non-hydrogen) atoms. The summed E-state index contributed by atoms with van der Waals surface area (Å²) in [6.07, 6.45) is 6.26. The van der Waals surface area contributed by atoms with Crippen molar-refractivity contribution in [2.75, 3.05) is 13.2 Å². The Morgan fingerprint density at radius 2 is 2.00 bits per heavy atom. The molecule has 1 saturated carbocycles. The fraction of sp³-hybridized carbons (Fsp3) is 1.00. The molecule has 2 fully saturated rings. The van der Waals surface area contributed by atoms with Gasteiger partial charge in [-0.15, -0.1) is 0 Å². The maximum absolute atomic E-state index is 5.89. The molecular formula is C12H22O2. The third-order valence-corrected chi connectivity index (χ3v) is 3.96. The first-order valence-corrected chi connectivity index (χ1v) is 6.06. The Balaban J connectivity index is 2.10. The van der Waals surface area contributed by atoms with Crippen molar-refractivity contribution in [2.24, 2.45) is 11.8 Å². The third-order valence-electron chi connectivity index (χ3n) is 3.96. The number of ether oxygens (including phenoxy) is 2. The van der Waals surface area contributed by atoms with Crippen molar-refractivity contribution in [2.45, 2.75) is 51.7 Å². The molecule has 1 spiro atoms. The maximum Gasteiger partial charge on any atom is 0.171 e. The second kappa shape index (κ2) is 4.19. The van der Waals surface area contributed by atoms with Crippen molar-refractivity contribution in [3.8, 4) is 0 Å². The van der Waals surface area contributed by atoms with Crippen LogP contribution in [0.3, 0.4) is 0 Å². The van der Waals surface area contributed by atoms with E-state index in [0.29, 0.717) is 5.92 Å². The molecule has 0 amide bonds. The van der Waals surface area contributed by atoms with E-state index in [1.807, 2.05) is 0 Å². The zero-order chi connectivity index (χ0) is 10.0. The molecule has 2 unspecified atom stereocenters. The van der Waals surface area contributed by atoms with Gasteiger partial charge in [0.05, 0.1) is 13.2 Å². The van der Waals surface area contributed by atoms with Gasteiger partial charge in [-0.25, -0.2) is 0 Å². The van der Waals surface area contributed by atoms with Crippen LogP contribution in [0.15, 0.2) is 0 Å². The number of hydrogen-bond acceptors (Lipinski definition) is 2. The van der Waals surface area contributed by atoms with Crippen LogP contribution in [0.5, 0.6) is 0 Å². The standard InChI is InChI=1S/C12H22O2/c1-3-10(2)11-6-4-5-7-12(11)13-8-9-14-12/h10-11H,3-9H2,1-2H3. The zero-order valence-electron chi connectivity index (χ0n) is 9.42. The predicted octanol–water partition coefficient (Wildman–Crippen LogP) is 2.97. The zero-order valence-corrected chi connectivity index (χ0v) is 9.42.